The normalized spacial score (nSPS) is 10.3. The maximum atomic E-state index is 12.9. The van der Waals surface area contributed by atoms with Gasteiger partial charge in [0.1, 0.15) is 23.9 Å². The van der Waals surface area contributed by atoms with E-state index in [0.29, 0.717) is 23.5 Å². The van der Waals surface area contributed by atoms with E-state index in [1.807, 2.05) is 24.3 Å². The number of ketones is 1. The van der Waals surface area contributed by atoms with E-state index in [2.05, 4.69) is 0 Å². The van der Waals surface area contributed by atoms with E-state index in [4.69, 9.17) is 9.47 Å². The summed E-state index contributed by atoms with van der Waals surface area (Å²) in [5.41, 5.74) is 1.97. The second-order valence-electron chi connectivity index (χ2n) is 5.50. The molecular weight excluding hydrogens is 319 g/mol. The lowest BCUT2D eigenvalue weighted by Gasteiger charge is -2.08. The minimum absolute atomic E-state index is 0.153. The molecule has 0 aromatic heterocycles. The Balaban J connectivity index is 1.65. The average Bonchev–Trinajstić information content (AvgIpc) is 2.67. The first-order chi connectivity index (χ1) is 12.2. The molecule has 0 heterocycles. The number of methoxy groups -OCH3 is 1. The summed E-state index contributed by atoms with van der Waals surface area (Å²) in [5.74, 6) is 0.928. The first-order valence-corrected chi connectivity index (χ1v) is 7.82. The topological polar surface area (TPSA) is 35.5 Å². The van der Waals surface area contributed by atoms with Crippen molar-refractivity contribution in [1.29, 1.82) is 0 Å². The number of halogens is 1. The summed E-state index contributed by atoms with van der Waals surface area (Å²) in [6, 6.07) is 20.0. The molecule has 0 radical (unpaired) electrons. The minimum Gasteiger partial charge on any atom is -0.497 e. The van der Waals surface area contributed by atoms with Crippen LogP contribution in [0.4, 0.5) is 4.39 Å². The van der Waals surface area contributed by atoms with Gasteiger partial charge in [-0.05, 0) is 66.2 Å². The lowest BCUT2D eigenvalue weighted by atomic mass is 10.0. The van der Waals surface area contributed by atoms with Gasteiger partial charge in [-0.25, -0.2) is 4.39 Å². The van der Waals surface area contributed by atoms with Gasteiger partial charge >= 0.3 is 0 Å². The second kappa shape index (κ2) is 7.62. The highest BCUT2D eigenvalue weighted by Gasteiger charge is 2.09. The van der Waals surface area contributed by atoms with Gasteiger partial charge in [0.2, 0.25) is 0 Å². The van der Waals surface area contributed by atoms with Gasteiger partial charge < -0.3 is 9.47 Å². The molecule has 3 aromatic rings. The minimum atomic E-state index is -0.363. The maximum Gasteiger partial charge on any atom is 0.193 e. The van der Waals surface area contributed by atoms with Crippen LogP contribution in [-0.2, 0) is 6.61 Å². The van der Waals surface area contributed by atoms with Crippen molar-refractivity contribution in [2.24, 2.45) is 0 Å². The van der Waals surface area contributed by atoms with E-state index in [0.717, 1.165) is 11.3 Å². The molecule has 0 atom stereocenters. The van der Waals surface area contributed by atoms with Gasteiger partial charge in [0.05, 0.1) is 7.11 Å². The average molecular weight is 336 g/mol. The molecule has 4 heteroatoms. The van der Waals surface area contributed by atoms with Gasteiger partial charge in [-0.1, -0.05) is 12.1 Å². The monoisotopic (exact) mass is 336 g/mol. The Morgan fingerprint density at radius 1 is 0.880 bits per heavy atom. The third-order valence-electron chi connectivity index (χ3n) is 3.76. The number of hydrogen-bond acceptors (Lipinski definition) is 3. The third-order valence-corrected chi connectivity index (χ3v) is 3.76. The molecule has 0 amide bonds. The van der Waals surface area contributed by atoms with Crippen molar-refractivity contribution in [3.05, 3.63) is 95.3 Å². The number of hydrogen-bond donors (Lipinski definition) is 0. The van der Waals surface area contributed by atoms with E-state index in [9.17, 15) is 9.18 Å². The molecule has 0 fully saturated rings. The van der Waals surface area contributed by atoms with Crippen LogP contribution in [0.3, 0.4) is 0 Å². The summed E-state index contributed by atoms with van der Waals surface area (Å²) < 4.78 is 23.9. The van der Waals surface area contributed by atoms with Gasteiger partial charge in [0, 0.05) is 11.1 Å². The van der Waals surface area contributed by atoms with Crippen LogP contribution in [0, 0.1) is 5.82 Å². The largest absolute Gasteiger partial charge is 0.497 e. The Morgan fingerprint density at radius 2 is 1.52 bits per heavy atom. The molecule has 0 saturated carbocycles. The van der Waals surface area contributed by atoms with Gasteiger partial charge in [0.15, 0.2) is 5.78 Å². The first kappa shape index (κ1) is 16.7. The molecule has 0 aliphatic rings. The van der Waals surface area contributed by atoms with E-state index >= 15 is 0 Å². The van der Waals surface area contributed by atoms with Crippen molar-refractivity contribution in [3.63, 3.8) is 0 Å². The van der Waals surface area contributed by atoms with Crippen LogP contribution in [0.5, 0.6) is 11.5 Å². The summed E-state index contributed by atoms with van der Waals surface area (Å²) in [6.07, 6.45) is 0. The number of benzene rings is 3. The van der Waals surface area contributed by atoms with Gasteiger partial charge in [-0.3, -0.25) is 4.79 Å². The molecule has 0 bridgehead atoms. The highest BCUT2D eigenvalue weighted by atomic mass is 19.1. The Labute approximate surface area is 145 Å². The Kier molecular flexibility index (Phi) is 5.09. The van der Waals surface area contributed by atoms with Crippen LogP contribution in [-0.4, -0.2) is 12.9 Å². The summed E-state index contributed by atoms with van der Waals surface area (Å²) in [4.78, 5) is 12.3. The molecule has 0 aliphatic heterocycles. The molecule has 0 N–H and O–H groups in total. The van der Waals surface area contributed by atoms with E-state index in [-0.39, 0.29) is 11.6 Å². The van der Waals surface area contributed by atoms with Crippen LogP contribution >= 0.6 is 0 Å². The molecular formula is C21H17FO3. The number of carbonyl (C=O) groups is 1. The van der Waals surface area contributed by atoms with Crippen LogP contribution < -0.4 is 9.47 Å². The van der Waals surface area contributed by atoms with Gasteiger partial charge in [-0.2, -0.15) is 0 Å². The zero-order valence-corrected chi connectivity index (χ0v) is 13.7. The highest BCUT2D eigenvalue weighted by Crippen LogP contribution is 2.18. The SMILES string of the molecule is COc1cccc(COc2ccc(C(=O)c3ccc(F)cc3)cc2)c1. The van der Waals surface area contributed by atoms with Crippen LogP contribution in [0.1, 0.15) is 21.5 Å². The van der Waals surface area contributed by atoms with Crippen LogP contribution in [0.15, 0.2) is 72.8 Å². The molecule has 0 aliphatic carbocycles. The fourth-order valence-corrected chi connectivity index (χ4v) is 2.40. The predicted molar refractivity (Wildman–Crippen MR) is 93.6 cm³/mol. The summed E-state index contributed by atoms with van der Waals surface area (Å²) in [6.45, 7) is 0.405. The zero-order valence-electron chi connectivity index (χ0n) is 13.7. The van der Waals surface area contributed by atoms with Crippen molar-refractivity contribution in [3.8, 4) is 11.5 Å². The number of rotatable bonds is 6. The standard InChI is InChI=1S/C21H17FO3/c1-24-20-4-2-3-15(13-20)14-25-19-11-7-17(8-12-19)21(23)16-5-9-18(22)10-6-16/h2-13H,14H2,1H3. The highest BCUT2D eigenvalue weighted by molar-refractivity contribution is 6.08. The molecule has 25 heavy (non-hydrogen) atoms. The summed E-state index contributed by atoms with van der Waals surface area (Å²) in [7, 11) is 1.62. The molecule has 0 spiro atoms. The lowest BCUT2D eigenvalue weighted by molar-refractivity contribution is 0.103. The summed E-state index contributed by atoms with van der Waals surface area (Å²) >= 11 is 0. The summed E-state index contributed by atoms with van der Waals surface area (Å²) in [5, 5.41) is 0. The quantitative estimate of drug-likeness (QED) is 0.615. The van der Waals surface area contributed by atoms with E-state index in [1.54, 1.807) is 31.4 Å². The number of carbonyl (C=O) groups excluding carboxylic acids is 1. The van der Waals surface area contributed by atoms with Crippen LogP contribution in [0.2, 0.25) is 0 Å². The van der Waals surface area contributed by atoms with Crippen LogP contribution in [0.25, 0.3) is 0 Å². The smallest absolute Gasteiger partial charge is 0.193 e. The van der Waals surface area contributed by atoms with Crippen molar-refractivity contribution >= 4 is 5.78 Å². The molecule has 3 nitrogen and oxygen atoms in total. The second-order valence-corrected chi connectivity index (χ2v) is 5.50. The molecule has 3 aromatic carbocycles. The fraction of sp³-hybridized carbons (Fsp3) is 0.0952. The van der Waals surface area contributed by atoms with E-state index in [1.165, 1.54) is 24.3 Å². The molecule has 3 rings (SSSR count). The predicted octanol–water partition coefficient (Wildman–Crippen LogP) is 4.64. The first-order valence-electron chi connectivity index (χ1n) is 7.82. The Hall–Kier alpha value is -3.14. The number of ether oxygens (including phenoxy) is 2. The molecule has 0 unspecified atom stereocenters. The Morgan fingerprint density at radius 3 is 2.16 bits per heavy atom. The zero-order chi connectivity index (χ0) is 17.6. The van der Waals surface area contributed by atoms with Crippen molar-refractivity contribution in [1.82, 2.24) is 0 Å². The fourth-order valence-electron chi connectivity index (χ4n) is 2.40. The molecule has 0 saturated heterocycles. The van der Waals surface area contributed by atoms with Crippen molar-refractivity contribution in [2.45, 2.75) is 6.61 Å². The van der Waals surface area contributed by atoms with Crippen molar-refractivity contribution < 1.29 is 18.7 Å². The Bertz CT molecular complexity index is 855. The lowest BCUT2D eigenvalue weighted by Crippen LogP contribution is -2.01. The molecule has 126 valence electrons. The maximum absolute atomic E-state index is 12.9. The third kappa shape index (κ3) is 4.23. The van der Waals surface area contributed by atoms with E-state index < -0.39 is 0 Å². The van der Waals surface area contributed by atoms with Gasteiger partial charge in [0.25, 0.3) is 0 Å². The van der Waals surface area contributed by atoms with Crippen molar-refractivity contribution in [2.75, 3.05) is 7.11 Å². The van der Waals surface area contributed by atoms with Gasteiger partial charge in [-0.15, -0.1) is 0 Å².